The molecule has 0 aliphatic heterocycles. The Morgan fingerprint density at radius 2 is 2.06 bits per heavy atom. The maximum atomic E-state index is 3.52. The highest BCUT2D eigenvalue weighted by Gasteiger charge is 2.20. The number of nitrogens with zero attached hydrogens (tertiary/aromatic N) is 1. The summed E-state index contributed by atoms with van der Waals surface area (Å²) in [6.07, 6.45) is 5.65. The van der Waals surface area contributed by atoms with Crippen molar-refractivity contribution in [3.05, 3.63) is 0 Å². The van der Waals surface area contributed by atoms with E-state index in [1.165, 1.54) is 58.4 Å². The standard InChI is InChI=1S/C14H30N2/c1-4-9-15-10-13(3)11-16(5-2)12-14-7-6-8-14/h13-15H,4-12H2,1-3H3. The van der Waals surface area contributed by atoms with Gasteiger partial charge in [0.15, 0.2) is 0 Å². The van der Waals surface area contributed by atoms with E-state index >= 15 is 0 Å². The number of nitrogens with one attached hydrogen (secondary N) is 1. The molecule has 1 aliphatic rings. The number of hydrogen-bond donors (Lipinski definition) is 1. The highest BCUT2D eigenvalue weighted by Crippen LogP contribution is 2.27. The van der Waals surface area contributed by atoms with Crippen molar-refractivity contribution in [1.82, 2.24) is 10.2 Å². The molecular weight excluding hydrogens is 196 g/mol. The molecule has 0 aromatic rings. The highest BCUT2D eigenvalue weighted by molar-refractivity contribution is 4.74. The van der Waals surface area contributed by atoms with Gasteiger partial charge in [0.25, 0.3) is 0 Å². The molecule has 0 aromatic heterocycles. The van der Waals surface area contributed by atoms with Crippen molar-refractivity contribution < 1.29 is 0 Å². The molecule has 1 rings (SSSR count). The molecule has 96 valence electrons. The first-order chi connectivity index (χ1) is 7.76. The third-order valence-electron chi connectivity index (χ3n) is 3.68. The van der Waals surface area contributed by atoms with Crippen LogP contribution in [0.3, 0.4) is 0 Å². The lowest BCUT2D eigenvalue weighted by Crippen LogP contribution is -2.38. The fraction of sp³-hybridized carbons (Fsp3) is 1.00. The molecule has 2 heteroatoms. The van der Waals surface area contributed by atoms with Crippen LogP contribution in [0.1, 0.15) is 46.5 Å². The quantitative estimate of drug-likeness (QED) is 0.608. The van der Waals surface area contributed by atoms with Crippen LogP contribution in [0.2, 0.25) is 0 Å². The number of hydrogen-bond acceptors (Lipinski definition) is 2. The Labute approximate surface area is 102 Å². The molecule has 0 saturated heterocycles. The maximum absolute atomic E-state index is 3.52. The minimum absolute atomic E-state index is 0.784. The number of rotatable bonds is 9. The molecule has 2 nitrogen and oxygen atoms in total. The average molecular weight is 226 g/mol. The molecule has 1 fully saturated rings. The first-order valence-electron chi connectivity index (χ1n) is 7.19. The second-order valence-electron chi connectivity index (χ2n) is 5.46. The summed E-state index contributed by atoms with van der Waals surface area (Å²) in [7, 11) is 0. The topological polar surface area (TPSA) is 15.3 Å². The monoisotopic (exact) mass is 226 g/mol. The van der Waals surface area contributed by atoms with Gasteiger partial charge in [-0.15, -0.1) is 0 Å². The van der Waals surface area contributed by atoms with Crippen molar-refractivity contribution in [3.8, 4) is 0 Å². The fourth-order valence-corrected chi connectivity index (χ4v) is 2.40. The van der Waals surface area contributed by atoms with Crippen molar-refractivity contribution in [2.75, 3.05) is 32.7 Å². The van der Waals surface area contributed by atoms with E-state index in [-0.39, 0.29) is 0 Å². The van der Waals surface area contributed by atoms with E-state index in [0.717, 1.165) is 11.8 Å². The summed E-state index contributed by atoms with van der Waals surface area (Å²) >= 11 is 0. The van der Waals surface area contributed by atoms with Crippen LogP contribution in [-0.2, 0) is 0 Å². The Balaban J connectivity index is 2.10. The van der Waals surface area contributed by atoms with E-state index in [1.807, 2.05) is 0 Å². The summed E-state index contributed by atoms with van der Waals surface area (Å²) in [5.41, 5.74) is 0. The molecule has 0 bridgehead atoms. The van der Waals surface area contributed by atoms with Gasteiger partial charge >= 0.3 is 0 Å². The summed E-state index contributed by atoms with van der Waals surface area (Å²) in [5.74, 6) is 1.79. The van der Waals surface area contributed by atoms with Gasteiger partial charge in [-0.25, -0.2) is 0 Å². The third kappa shape index (κ3) is 5.31. The molecule has 1 aliphatic carbocycles. The van der Waals surface area contributed by atoms with Gasteiger partial charge in [0.2, 0.25) is 0 Å². The maximum Gasteiger partial charge on any atom is 0.00191 e. The first-order valence-corrected chi connectivity index (χ1v) is 7.19. The zero-order chi connectivity index (χ0) is 11.8. The smallest absolute Gasteiger partial charge is 0.00191 e. The molecular formula is C14H30N2. The van der Waals surface area contributed by atoms with Crippen LogP contribution in [0.15, 0.2) is 0 Å². The molecule has 0 spiro atoms. The molecule has 1 atom stereocenters. The molecule has 1 saturated carbocycles. The minimum Gasteiger partial charge on any atom is -0.316 e. The molecule has 16 heavy (non-hydrogen) atoms. The van der Waals surface area contributed by atoms with Crippen molar-refractivity contribution in [2.45, 2.75) is 46.5 Å². The zero-order valence-corrected chi connectivity index (χ0v) is 11.5. The van der Waals surface area contributed by atoms with Gasteiger partial charge in [0, 0.05) is 13.1 Å². The van der Waals surface area contributed by atoms with E-state index in [0.29, 0.717) is 0 Å². The Kier molecular flexibility index (Phi) is 7.06. The molecule has 0 amide bonds. The van der Waals surface area contributed by atoms with E-state index in [9.17, 15) is 0 Å². The minimum atomic E-state index is 0.784. The second-order valence-corrected chi connectivity index (χ2v) is 5.46. The van der Waals surface area contributed by atoms with Crippen LogP contribution in [0, 0.1) is 11.8 Å². The van der Waals surface area contributed by atoms with Gasteiger partial charge in [0.05, 0.1) is 0 Å². The van der Waals surface area contributed by atoms with Crippen molar-refractivity contribution in [1.29, 1.82) is 0 Å². The van der Waals surface area contributed by atoms with Crippen LogP contribution in [0.5, 0.6) is 0 Å². The highest BCUT2D eigenvalue weighted by atomic mass is 15.1. The fourth-order valence-electron chi connectivity index (χ4n) is 2.40. The van der Waals surface area contributed by atoms with E-state index in [1.54, 1.807) is 0 Å². The summed E-state index contributed by atoms with van der Waals surface area (Å²) in [6.45, 7) is 13.1. The third-order valence-corrected chi connectivity index (χ3v) is 3.68. The summed E-state index contributed by atoms with van der Waals surface area (Å²) in [5, 5.41) is 3.52. The van der Waals surface area contributed by atoms with Crippen LogP contribution in [0.25, 0.3) is 0 Å². The normalized spacial score (nSPS) is 18.8. The predicted octanol–water partition coefficient (Wildman–Crippen LogP) is 2.74. The van der Waals surface area contributed by atoms with Crippen LogP contribution in [0.4, 0.5) is 0 Å². The SMILES string of the molecule is CCCNCC(C)CN(CC)CC1CCC1. The predicted molar refractivity (Wildman–Crippen MR) is 71.8 cm³/mol. The van der Waals surface area contributed by atoms with Crippen molar-refractivity contribution in [2.24, 2.45) is 11.8 Å². The van der Waals surface area contributed by atoms with E-state index in [2.05, 4.69) is 31.0 Å². The van der Waals surface area contributed by atoms with E-state index < -0.39 is 0 Å². The lowest BCUT2D eigenvalue weighted by atomic mass is 9.85. The molecule has 1 N–H and O–H groups in total. The van der Waals surface area contributed by atoms with Gasteiger partial charge in [0.1, 0.15) is 0 Å². The summed E-state index contributed by atoms with van der Waals surface area (Å²) < 4.78 is 0. The lowest BCUT2D eigenvalue weighted by molar-refractivity contribution is 0.166. The molecule has 0 heterocycles. The van der Waals surface area contributed by atoms with Gasteiger partial charge in [-0.05, 0) is 50.7 Å². The van der Waals surface area contributed by atoms with Crippen LogP contribution < -0.4 is 5.32 Å². The van der Waals surface area contributed by atoms with Crippen LogP contribution in [-0.4, -0.2) is 37.6 Å². The Bertz CT molecular complexity index is 166. The van der Waals surface area contributed by atoms with Gasteiger partial charge in [-0.3, -0.25) is 0 Å². The largest absolute Gasteiger partial charge is 0.316 e. The van der Waals surface area contributed by atoms with Crippen molar-refractivity contribution in [3.63, 3.8) is 0 Å². The summed E-state index contributed by atoms with van der Waals surface area (Å²) in [4.78, 5) is 2.64. The Morgan fingerprint density at radius 3 is 2.56 bits per heavy atom. The Hall–Kier alpha value is -0.0800. The van der Waals surface area contributed by atoms with E-state index in [4.69, 9.17) is 0 Å². The molecule has 0 radical (unpaired) electrons. The molecule has 1 unspecified atom stereocenters. The first kappa shape index (κ1) is 14.0. The average Bonchev–Trinajstić information content (AvgIpc) is 2.22. The van der Waals surface area contributed by atoms with Gasteiger partial charge in [-0.2, -0.15) is 0 Å². The zero-order valence-electron chi connectivity index (χ0n) is 11.5. The van der Waals surface area contributed by atoms with Crippen molar-refractivity contribution >= 4 is 0 Å². The summed E-state index contributed by atoms with van der Waals surface area (Å²) in [6, 6.07) is 0. The Morgan fingerprint density at radius 1 is 1.31 bits per heavy atom. The van der Waals surface area contributed by atoms with Crippen LogP contribution >= 0.6 is 0 Å². The lowest BCUT2D eigenvalue weighted by Gasteiger charge is -2.33. The van der Waals surface area contributed by atoms with Gasteiger partial charge in [-0.1, -0.05) is 27.2 Å². The second kappa shape index (κ2) is 8.08. The molecule has 0 aromatic carbocycles. The van der Waals surface area contributed by atoms with Gasteiger partial charge < -0.3 is 10.2 Å².